The van der Waals surface area contributed by atoms with Gasteiger partial charge in [0, 0.05) is 0 Å². The predicted molar refractivity (Wildman–Crippen MR) is 69.2 cm³/mol. The van der Waals surface area contributed by atoms with E-state index in [2.05, 4.69) is 5.32 Å². The molecule has 19 heavy (non-hydrogen) atoms. The smallest absolute Gasteiger partial charge is 0.367 e. The Hall–Kier alpha value is -1.07. The minimum absolute atomic E-state index is 0.0128. The first-order chi connectivity index (χ1) is 8.75. The maximum Gasteiger partial charge on any atom is 0.414 e. The Morgan fingerprint density at radius 1 is 1.26 bits per heavy atom. The zero-order valence-electron chi connectivity index (χ0n) is 11.6. The Labute approximate surface area is 112 Å². The molecule has 0 spiro atoms. The van der Waals surface area contributed by atoms with Crippen molar-refractivity contribution in [1.29, 1.82) is 0 Å². The monoisotopic (exact) mass is 275 g/mol. The van der Waals surface area contributed by atoms with Gasteiger partial charge in [-0.25, -0.2) is 0 Å². The number of ether oxygens (including phenoxy) is 1. The van der Waals surface area contributed by atoms with Gasteiger partial charge < -0.3 is 10.1 Å². The summed E-state index contributed by atoms with van der Waals surface area (Å²) in [6.45, 7) is 4.93. The second kappa shape index (κ2) is 6.39. The van der Waals surface area contributed by atoms with Crippen molar-refractivity contribution in [3.05, 3.63) is 34.9 Å². The first-order valence-electron chi connectivity index (χ1n) is 6.18. The van der Waals surface area contributed by atoms with Crippen molar-refractivity contribution in [3.63, 3.8) is 0 Å². The van der Waals surface area contributed by atoms with E-state index >= 15 is 0 Å². The molecule has 1 aromatic rings. The van der Waals surface area contributed by atoms with E-state index in [0.717, 1.165) is 23.6 Å². The summed E-state index contributed by atoms with van der Waals surface area (Å²) in [7, 11) is 1.71. The number of benzene rings is 1. The van der Waals surface area contributed by atoms with Crippen LogP contribution in [0, 0.1) is 13.8 Å². The maximum atomic E-state index is 12.4. The third-order valence-corrected chi connectivity index (χ3v) is 3.12. The lowest BCUT2D eigenvalue weighted by atomic mass is 10.00. The summed E-state index contributed by atoms with van der Waals surface area (Å²) in [6, 6.07) is 5.63. The fraction of sp³-hybridized carbons (Fsp3) is 0.571. The average molecular weight is 275 g/mol. The van der Waals surface area contributed by atoms with Crippen molar-refractivity contribution in [3.8, 4) is 0 Å². The third kappa shape index (κ3) is 4.51. The Morgan fingerprint density at radius 2 is 1.89 bits per heavy atom. The molecule has 0 heterocycles. The number of nitrogens with one attached hydrogen (secondary N) is 1. The Kier molecular flexibility index (Phi) is 5.38. The topological polar surface area (TPSA) is 21.3 Å². The molecule has 1 rings (SSSR count). The van der Waals surface area contributed by atoms with Crippen molar-refractivity contribution in [1.82, 2.24) is 5.32 Å². The van der Waals surface area contributed by atoms with Gasteiger partial charge in [-0.1, -0.05) is 23.8 Å². The summed E-state index contributed by atoms with van der Waals surface area (Å²) in [4.78, 5) is 0. The zero-order chi connectivity index (χ0) is 14.6. The first-order valence-corrected chi connectivity index (χ1v) is 6.18. The molecule has 0 bridgehead atoms. The van der Waals surface area contributed by atoms with Crippen molar-refractivity contribution in [2.24, 2.45) is 0 Å². The first kappa shape index (κ1) is 16.0. The largest absolute Gasteiger partial charge is 0.414 e. The van der Waals surface area contributed by atoms with E-state index in [1.165, 1.54) is 0 Å². The van der Waals surface area contributed by atoms with E-state index in [0.29, 0.717) is 0 Å². The number of hydrogen-bond acceptors (Lipinski definition) is 2. The quantitative estimate of drug-likeness (QED) is 0.887. The van der Waals surface area contributed by atoms with Gasteiger partial charge in [0.2, 0.25) is 0 Å². The van der Waals surface area contributed by atoms with Crippen LogP contribution >= 0.6 is 0 Å². The van der Waals surface area contributed by atoms with Crippen LogP contribution in [0.5, 0.6) is 0 Å². The van der Waals surface area contributed by atoms with Gasteiger partial charge in [-0.2, -0.15) is 13.2 Å². The lowest BCUT2D eigenvalue weighted by Gasteiger charge is -2.23. The second-order valence-electron chi connectivity index (χ2n) is 4.72. The molecule has 0 amide bonds. The third-order valence-electron chi connectivity index (χ3n) is 3.12. The molecule has 5 heteroatoms. The molecule has 1 N–H and O–H groups in total. The average Bonchev–Trinajstić information content (AvgIpc) is 2.30. The molecule has 2 nitrogen and oxygen atoms in total. The minimum Gasteiger partial charge on any atom is -0.367 e. The number of hydrogen-bond donors (Lipinski definition) is 1. The van der Waals surface area contributed by atoms with Crippen molar-refractivity contribution in [2.75, 3.05) is 13.7 Å². The molecule has 0 aliphatic carbocycles. The fourth-order valence-electron chi connectivity index (χ4n) is 1.88. The number of alkyl halides is 3. The van der Waals surface area contributed by atoms with Crippen LogP contribution in [0.1, 0.15) is 29.7 Å². The van der Waals surface area contributed by atoms with Crippen molar-refractivity contribution >= 4 is 0 Å². The summed E-state index contributed by atoms with van der Waals surface area (Å²) in [5.41, 5.74) is 3.13. The highest BCUT2D eigenvalue weighted by Gasteiger charge is 2.37. The fourth-order valence-corrected chi connectivity index (χ4v) is 1.88. The van der Waals surface area contributed by atoms with Crippen LogP contribution < -0.4 is 5.32 Å². The van der Waals surface area contributed by atoms with E-state index in [1.54, 1.807) is 7.05 Å². The molecule has 1 aromatic carbocycles. The van der Waals surface area contributed by atoms with Crippen LogP contribution in [0.3, 0.4) is 0 Å². The highest BCUT2D eigenvalue weighted by molar-refractivity contribution is 5.32. The molecule has 0 radical (unpaired) electrons. The molecular formula is C14H20F3NO. The van der Waals surface area contributed by atoms with Crippen LogP contribution in [0.25, 0.3) is 0 Å². The van der Waals surface area contributed by atoms with Crippen LogP contribution in [0.2, 0.25) is 0 Å². The normalized spacial score (nSPS) is 15.3. The molecule has 0 aromatic heterocycles. The predicted octanol–water partition coefficient (Wildman–Crippen LogP) is 3.53. The van der Waals surface area contributed by atoms with Gasteiger partial charge >= 0.3 is 6.18 Å². The van der Waals surface area contributed by atoms with Crippen molar-refractivity contribution < 1.29 is 17.9 Å². The van der Waals surface area contributed by atoms with Crippen LogP contribution in [-0.4, -0.2) is 25.9 Å². The molecule has 0 saturated heterocycles. The Bertz CT molecular complexity index is 418. The molecule has 2 atom stereocenters. The SMILES string of the molecule is CNC(COC(C)C(F)(F)F)c1ccc(C)cc1C. The molecule has 0 saturated carbocycles. The van der Waals surface area contributed by atoms with E-state index in [-0.39, 0.29) is 12.6 Å². The lowest BCUT2D eigenvalue weighted by Crippen LogP contribution is -2.32. The number of likely N-dealkylation sites (N-methyl/N-ethyl adjacent to an activating group) is 1. The summed E-state index contributed by atoms with van der Waals surface area (Å²) < 4.78 is 42.1. The van der Waals surface area contributed by atoms with Crippen LogP contribution in [0.15, 0.2) is 18.2 Å². The highest BCUT2D eigenvalue weighted by Crippen LogP contribution is 2.25. The van der Waals surface area contributed by atoms with Gasteiger partial charge in [-0.15, -0.1) is 0 Å². The Morgan fingerprint density at radius 3 is 2.37 bits per heavy atom. The molecule has 0 fully saturated rings. The van der Waals surface area contributed by atoms with Gasteiger partial charge in [-0.3, -0.25) is 0 Å². The lowest BCUT2D eigenvalue weighted by molar-refractivity contribution is -0.215. The van der Waals surface area contributed by atoms with Gasteiger partial charge in [0.1, 0.15) is 0 Å². The summed E-state index contributed by atoms with van der Waals surface area (Å²) in [5, 5.41) is 2.99. The number of aryl methyl sites for hydroxylation is 2. The molecular weight excluding hydrogens is 255 g/mol. The summed E-state index contributed by atoms with van der Waals surface area (Å²) in [6.07, 6.45) is -6.07. The number of halogens is 3. The maximum absolute atomic E-state index is 12.4. The Balaban J connectivity index is 2.73. The standard InChI is InChI=1S/C14H20F3NO/c1-9-5-6-12(10(2)7-9)13(18-4)8-19-11(3)14(15,16)17/h5-7,11,13,18H,8H2,1-4H3. The summed E-state index contributed by atoms with van der Waals surface area (Å²) >= 11 is 0. The van der Waals surface area contributed by atoms with Crippen molar-refractivity contribution in [2.45, 2.75) is 39.1 Å². The highest BCUT2D eigenvalue weighted by atomic mass is 19.4. The van der Waals surface area contributed by atoms with E-state index in [9.17, 15) is 13.2 Å². The summed E-state index contributed by atoms with van der Waals surface area (Å²) in [5.74, 6) is 0. The van der Waals surface area contributed by atoms with Crippen LogP contribution in [-0.2, 0) is 4.74 Å². The van der Waals surface area contributed by atoms with Gasteiger partial charge in [0.05, 0.1) is 12.6 Å². The van der Waals surface area contributed by atoms with Gasteiger partial charge in [0.15, 0.2) is 6.10 Å². The van der Waals surface area contributed by atoms with Gasteiger partial charge in [0.25, 0.3) is 0 Å². The zero-order valence-corrected chi connectivity index (χ0v) is 11.6. The van der Waals surface area contributed by atoms with Crippen LogP contribution in [0.4, 0.5) is 13.2 Å². The second-order valence-corrected chi connectivity index (χ2v) is 4.72. The van der Waals surface area contributed by atoms with E-state index in [4.69, 9.17) is 4.74 Å². The molecule has 0 aliphatic rings. The minimum atomic E-state index is -4.32. The molecule has 0 aliphatic heterocycles. The van der Waals surface area contributed by atoms with E-state index < -0.39 is 12.3 Å². The van der Waals surface area contributed by atoms with Gasteiger partial charge in [-0.05, 0) is 38.9 Å². The van der Waals surface area contributed by atoms with E-state index in [1.807, 2.05) is 32.0 Å². The molecule has 2 unspecified atom stereocenters. The number of rotatable bonds is 5. The molecule has 108 valence electrons.